The minimum atomic E-state index is -4.02. The highest BCUT2D eigenvalue weighted by Gasteiger charge is 2.07. The molecule has 2 aromatic carbocycles. The molecule has 1 aliphatic heterocycles. The topological polar surface area (TPSA) is 90.8 Å². The van der Waals surface area contributed by atoms with Crippen molar-refractivity contribution in [2.24, 2.45) is 4.99 Å². The van der Waals surface area contributed by atoms with Crippen LogP contribution in [0.15, 0.2) is 58.4 Å². The van der Waals surface area contributed by atoms with Crippen molar-refractivity contribution in [2.75, 3.05) is 25.0 Å². The van der Waals surface area contributed by atoms with Crippen LogP contribution in [0.5, 0.6) is 0 Å². The Balaban J connectivity index is 0.000000208. The van der Waals surface area contributed by atoms with E-state index < -0.39 is 10.1 Å². The molecule has 6 nitrogen and oxygen atoms in total. The summed E-state index contributed by atoms with van der Waals surface area (Å²) >= 11 is 0. The van der Waals surface area contributed by atoms with Gasteiger partial charge in [-0.3, -0.25) is 9.55 Å². The average Bonchev–Trinajstić information content (AvgIpc) is 3.17. The van der Waals surface area contributed by atoms with Crippen LogP contribution >= 0.6 is 0 Å². The van der Waals surface area contributed by atoms with E-state index in [2.05, 4.69) is 46.8 Å². The molecule has 0 fully saturated rings. The van der Waals surface area contributed by atoms with E-state index in [0.29, 0.717) is 0 Å². The van der Waals surface area contributed by atoms with Gasteiger partial charge in [0.25, 0.3) is 10.1 Å². The van der Waals surface area contributed by atoms with Gasteiger partial charge >= 0.3 is 0 Å². The van der Waals surface area contributed by atoms with Crippen molar-refractivity contribution in [3.05, 3.63) is 59.7 Å². The summed E-state index contributed by atoms with van der Waals surface area (Å²) in [6, 6.07) is 14.5. The second-order valence-corrected chi connectivity index (χ2v) is 7.72. The summed E-state index contributed by atoms with van der Waals surface area (Å²) in [6.45, 7) is 6.95. The van der Waals surface area contributed by atoms with Crippen LogP contribution in [0.1, 0.15) is 30.9 Å². The molecule has 0 aliphatic carbocycles. The van der Waals surface area contributed by atoms with E-state index in [1.807, 2.05) is 6.92 Å². The molecule has 3 N–H and O–H groups in total. The van der Waals surface area contributed by atoms with Gasteiger partial charge in [-0.05, 0) is 49.7 Å². The van der Waals surface area contributed by atoms with Gasteiger partial charge in [-0.1, -0.05) is 31.0 Å². The van der Waals surface area contributed by atoms with Gasteiger partial charge in [0.2, 0.25) is 0 Å². The SMILES string of the molecule is CCCCNc1ccc(C2=NCCN2)cc1.Cc1ccc(S(=O)(=O)O)cc1. The van der Waals surface area contributed by atoms with E-state index in [0.717, 1.165) is 31.0 Å². The molecular formula is C20H27N3O3S. The third-order valence-electron chi connectivity index (χ3n) is 4.01. The first-order chi connectivity index (χ1) is 12.9. The third-order valence-corrected chi connectivity index (χ3v) is 4.88. The first-order valence-corrected chi connectivity index (χ1v) is 10.5. The smallest absolute Gasteiger partial charge is 0.294 e. The van der Waals surface area contributed by atoms with Crippen LogP contribution in [0.4, 0.5) is 5.69 Å². The fraction of sp³-hybridized carbons (Fsp3) is 0.350. The van der Waals surface area contributed by atoms with Crippen molar-refractivity contribution >= 4 is 21.6 Å². The van der Waals surface area contributed by atoms with Gasteiger partial charge in [0.05, 0.1) is 11.4 Å². The lowest BCUT2D eigenvalue weighted by molar-refractivity contribution is 0.483. The van der Waals surface area contributed by atoms with E-state index >= 15 is 0 Å². The molecule has 0 atom stereocenters. The van der Waals surface area contributed by atoms with Gasteiger partial charge in [0.1, 0.15) is 5.84 Å². The number of unbranched alkanes of at least 4 members (excludes halogenated alkanes) is 1. The normalized spacial score (nSPS) is 13.2. The standard InChI is InChI=1S/C13H19N3.C7H8O3S/c1-2-3-8-14-12-6-4-11(5-7-12)13-15-9-10-16-13;1-6-2-4-7(5-3-6)11(8,9)10/h4-7,14H,2-3,8-10H2,1H3,(H,15,16);2-5H,1H3,(H,8,9,10). The Labute approximate surface area is 161 Å². The van der Waals surface area contributed by atoms with E-state index in [-0.39, 0.29) is 4.90 Å². The molecule has 0 bridgehead atoms. The van der Waals surface area contributed by atoms with Crippen LogP contribution in [0.2, 0.25) is 0 Å². The first-order valence-electron chi connectivity index (χ1n) is 9.07. The molecule has 0 amide bonds. The van der Waals surface area contributed by atoms with Gasteiger partial charge in [-0.25, -0.2) is 0 Å². The number of nitrogens with one attached hydrogen (secondary N) is 2. The van der Waals surface area contributed by atoms with Crippen molar-refractivity contribution in [2.45, 2.75) is 31.6 Å². The third kappa shape index (κ3) is 7.03. The van der Waals surface area contributed by atoms with Crippen LogP contribution in [-0.2, 0) is 10.1 Å². The minimum Gasteiger partial charge on any atom is -0.385 e. The lowest BCUT2D eigenvalue weighted by Gasteiger charge is -2.07. The van der Waals surface area contributed by atoms with E-state index in [1.165, 1.54) is 36.2 Å². The summed E-state index contributed by atoms with van der Waals surface area (Å²) in [5.41, 5.74) is 3.33. The summed E-state index contributed by atoms with van der Waals surface area (Å²) in [5.74, 6) is 1.03. The Hall–Kier alpha value is -2.38. The predicted molar refractivity (Wildman–Crippen MR) is 110 cm³/mol. The fourth-order valence-corrected chi connectivity index (χ4v) is 2.94. The first kappa shape index (κ1) is 20.9. The zero-order valence-corrected chi connectivity index (χ0v) is 16.6. The molecule has 0 spiro atoms. The van der Waals surface area contributed by atoms with Crippen molar-refractivity contribution in [1.29, 1.82) is 0 Å². The number of amidine groups is 1. The number of benzene rings is 2. The highest BCUT2D eigenvalue weighted by Crippen LogP contribution is 2.11. The monoisotopic (exact) mass is 389 g/mol. The maximum atomic E-state index is 10.5. The Morgan fingerprint density at radius 2 is 1.78 bits per heavy atom. The zero-order chi connectivity index (χ0) is 19.7. The van der Waals surface area contributed by atoms with Gasteiger partial charge < -0.3 is 10.6 Å². The van der Waals surface area contributed by atoms with Gasteiger partial charge in [-0.2, -0.15) is 8.42 Å². The maximum absolute atomic E-state index is 10.5. The van der Waals surface area contributed by atoms with Crippen molar-refractivity contribution in [3.63, 3.8) is 0 Å². The summed E-state index contributed by atoms with van der Waals surface area (Å²) in [4.78, 5) is 4.33. The van der Waals surface area contributed by atoms with Crippen LogP contribution in [0.3, 0.4) is 0 Å². The highest BCUT2D eigenvalue weighted by atomic mass is 32.2. The van der Waals surface area contributed by atoms with Gasteiger partial charge in [0.15, 0.2) is 0 Å². The van der Waals surface area contributed by atoms with Crippen LogP contribution in [-0.4, -0.2) is 38.4 Å². The van der Waals surface area contributed by atoms with Crippen molar-refractivity contribution in [3.8, 4) is 0 Å². The fourth-order valence-electron chi connectivity index (χ4n) is 2.46. The molecule has 0 unspecified atom stereocenters. The molecule has 0 saturated heterocycles. The second kappa shape index (κ2) is 10.1. The molecule has 0 radical (unpaired) electrons. The van der Waals surface area contributed by atoms with E-state index in [4.69, 9.17) is 4.55 Å². The maximum Gasteiger partial charge on any atom is 0.294 e. The quantitative estimate of drug-likeness (QED) is 0.520. The lowest BCUT2D eigenvalue weighted by Crippen LogP contribution is -2.19. The molecule has 0 aromatic heterocycles. The lowest BCUT2D eigenvalue weighted by atomic mass is 10.2. The average molecular weight is 390 g/mol. The molecule has 2 aromatic rings. The molecule has 27 heavy (non-hydrogen) atoms. The summed E-state index contributed by atoms with van der Waals surface area (Å²) in [5, 5.41) is 6.68. The number of aryl methyl sites for hydroxylation is 1. The van der Waals surface area contributed by atoms with Crippen LogP contribution in [0.25, 0.3) is 0 Å². The summed E-state index contributed by atoms with van der Waals surface area (Å²) in [7, 11) is -4.02. The molecular weight excluding hydrogens is 362 g/mol. The molecule has 1 aliphatic rings. The van der Waals surface area contributed by atoms with Crippen molar-refractivity contribution < 1.29 is 13.0 Å². The Morgan fingerprint density at radius 1 is 1.11 bits per heavy atom. The molecule has 1 heterocycles. The van der Waals surface area contributed by atoms with Crippen molar-refractivity contribution in [1.82, 2.24) is 5.32 Å². The van der Waals surface area contributed by atoms with Crippen LogP contribution in [0, 0.1) is 6.92 Å². The van der Waals surface area contributed by atoms with Gasteiger partial charge in [0, 0.05) is 24.3 Å². The number of hydrogen-bond acceptors (Lipinski definition) is 5. The summed E-state index contributed by atoms with van der Waals surface area (Å²) in [6.07, 6.45) is 2.45. The largest absolute Gasteiger partial charge is 0.385 e. The Bertz CT molecular complexity index is 845. The number of rotatable bonds is 6. The van der Waals surface area contributed by atoms with Gasteiger partial charge in [-0.15, -0.1) is 0 Å². The van der Waals surface area contributed by atoms with Crippen LogP contribution < -0.4 is 10.6 Å². The highest BCUT2D eigenvalue weighted by molar-refractivity contribution is 7.85. The number of aliphatic imine (C=N–C) groups is 1. The molecule has 0 saturated carbocycles. The molecule has 146 valence electrons. The minimum absolute atomic E-state index is 0.0666. The molecule has 7 heteroatoms. The number of hydrogen-bond donors (Lipinski definition) is 3. The second-order valence-electron chi connectivity index (χ2n) is 6.30. The zero-order valence-electron chi connectivity index (χ0n) is 15.8. The van der Waals surface area contributed by atoms with E-state index in [1.54, 1.807) is 12.1 Å². The van der Waals surface area contributed by atoms with E-state index in [9.17, 15) is 8.42 Å². The Morgan fingerprint density at radius 3 is 2.30 bits per heavy atom. The number of anilines is 1. The number of nitrogens with zero attached hydrogens (tertiary/aromatic N) is 1. The predicted octanol–water partition coefficient (Wildman–Crippen LogP) is 3.49. The Kier molecular flexibility index (Phi) is 7.82. The summed E-state index contributed by atoms with van der Waals surface area (Å²) < 4.78 is 29.6. The molecule has 3 rings (SSSR count).